The van der Waals surface area contributed by atoms with Crippen LogP contribution in [0.5, 0.6) is 0 Å². The molecule has 0 unspecified atom stereocenters. The smallest absolute Gasteiger partial charge is 0.342 e. The normalized spacial score (nSPS) is 10.2. The largest absolute Gasteiger partial charge is 0.477 e. The number of nitrogens with zero attached hydrogens (tertiary/aromatic N) is 1. The van der Waals surface area contributed by atoms with Crippen LogP contribution >= 0.6 is 0 Å². The molecule has 2 rings (SSSR count). The van der Waals surface area contributed by atoms with Gasteiger partial charge in [-0.15, -0.1) is 0 Å². The van der Waals surface area contributed by atoms with Crippen LogP contribution in [-0.4, -0.2) is 16.0 Å². The Labute approximate surface area is 119 Å². The van der Waals surface area contributed by atoms with Crippen molar-refractivity contribution in [2.75, 3.05) is 5.32 Å². The zero-order chi connectivity index (χ0) is 15.6. The molecular formula is C14H11FN2O4. The van der Waals surface area contributed by atoms with Crippen molar-refractivity contribution in [3.05, 3.63) is 63.5 Å². The van der Waals surface area contributed by atoms with Crippen molar-refractivity contribution in [3.8, 4) is 0 Å². The third-order valence-electron chi connectivity index (χ3n) is 2.99. The van der Waals surface area contributed by atoms with Crippen molar-refractivity contribution in [1.29, 1.82) is 0 Å². The van der Waals surface area contributed by atoms with Crippen LogP contribution < -0.4 is 5.32 Å². The van der Waals surface area contributed by atoms with Crippen LogP contribution in [0.15, 0.2) is 36.4 Å². The lowest BCUT2D eigenvalue weighted by atomic mass is 10.1. The Bertz CT molecular complexity index is 731. The number of aromatic carboxylic acids is 1. The van der Waals surface area contributed by atoms with E-state index >= 15 is 0 Å². The summed E-state index contributed by atoms with van der Waals surface area (Å²) in [7, 11) is 0. The number of benzene rings is 2. The van der Waals surface area contributed by atoms with E-state index in [1.54, 1.807) is 6.07 Å². The molecule has 0 fully saturated rings. The number of carboxylic acids is 1. The molecule has 0 aliphatic heterocycles. The second kappa shape index (κ2) is 5.58. The number of carbonyl (C=O) groups is 1. The fraction of sp³-hybridized carbons (Fsp3) is 0.0714. The average molecular weight is 290 g/mol. The van der Waals surface area contributed by atoms with E-state index in [1.807, 2.05) is 0 Å². The van der Waals surface area contributed by atoms with E-state index in [0.717, 1.165) is 6.07 Å². The molecule has 0 aromatic heterocycles. The van der Waals surface area contributed by atoms with E-state index in [4.69, 9.17) is 5.11 Å². The van der Waals surface area contributed by atoms with Gasteiger partial charge in [0.1, 0.15) is 17.1 Å². The van der Waals surface area contributed by atoms with E-state index in [9.17, 15) is 19.3 Å². The van der Waals surface area contributed by atoms with Gasteiger partial charge in [-0.3, -0.25) is 10.1 Å². The lowest BCUT2D eigenvalue weighted by Gasteiger charge is -2.11. The summed E-state index contributed by atoms with van der Waals surface area (Å²) in [5.41, 5.74) is -0.380. The molecule has 0 radical (unpaired) electrons. The highest BCUT2D eigenvalue weighted by Crippen LogP contribution is 2.32. The molecule has 6 nitrogen and oxygen atoms in total. The molecule has 0 heterocycles. The summed E-state index contributed by atoms with van der Waals surface area (Å²) in [4.78, 5) is 21.4. The summed E-state index contributed by atoms with van der Waals surface area (Å²) in [6.45, 7) is 1.52. The Hall–Kier alpha value is -2.96. The van der Waals surface area contributed by atoms with Gasteiger partial charge >= 0.3 is 11.7 Å². The quantitative estimate of drug-likeness (QED) is 0.664. The summed E-state index contributed by atoms with van der Waals surface area (Å²) in [6.07, 6.45) is 0. The van der Waals surface area contributed by atoms with Crippen molar-refractivity contribution in [2.24, 2.45) is 0 Å². The highest BCUT2D eigenvalue weighted by Gasteiger charge is 2.24. The fourth-order valence-corrected chi connectivity index (χ4v) is 1.90. The maximum Gasteiger partial charge on any atom is 0.342 e. The zero-order valence-electron chi connectivity index (χ0n) is 11.0. The number of hydrogen-bond acceptors (Lipinski definition) is 4. The lowest BCUT2D eigenvalue weighted by Crippen LogP contribution is -2.06. The van der Waals surface area contributed by atoms with E-state index in [0.29, 0.717) is 5.69 Å². The van der Waals surface area contributed by atoms with Crippen molar-refractivity contribution < 1.29 is 19.2 Å². The highest BCUT2D eigenvalue weighted by atomic mass is 19.1. The fourth-order valence-electron chi connectivity index (χ4n) is 1.90. The Kier molecular flexibility index (Phi) is 3.84. The first-order chi connectivity index (χ1) is 9.91. The second-order valence-corrected chi connectivity index (χ2v) is 4.30. The van der Waals surface area contributed by atoms with E-state index < -0.39 is 28.0 Å². The minimum absolute atomic E-state index is 0.00593. The first-order valence-electron chi connectivity index (χ1n) is 5.94. The van der Waals surface area contributed by atoms with Crippen molar-refractivity contribution >= 4 is 23.0 Å². The molecular weight excluding hydrogens is 279 g/mol. The maximum atomic E-state index is 13.5. The Morgan fingerprint density at radius 3 is 2.48 bits per heavy atom. The second-order valence-electron chi connectivity index (χ2n) is 4.30. The van der Waals surface area contributed by atoms with E-state index in [-0.39, 0.29) is 11.3 Å². The van der Waals surface area contributed by atoms with Gasteiger partial charge in [-0.25, -0.2) is 9.18 Å². The Morgan fingerprint density at radius 2 is 1.86 bits per heavy atom. The number of carboxylic acid groups (broad SMARTS) is 1. The first-order valence-corrected chi connectivity index (χ1v) is 5.94. The van der Waals surface area contributed by atoms with Gasteiger partial charge < -0.3 is 10.4 Å². The van der Waals surface area contributed by atoms with Crippen LogP contribution in [0.2, 0.25) is 0 Å². The van der Waals surface area contributed by atoms with Gasteiger partial charge in [0.15, 0.2) is 0 Å². The Morgan fingerprint density at radius 1 is 1.24 bits per heavy atom. The molecule has 7 heteroatoms. The molecule has 2 aromatic carbocycles. The summed E-state index contributed by atoms with van der Waals surface area (Å²) in [6, 6.07) is 8.17. The van der Waals surface area contributed by atoms with Crippen molar-refractivity contribution in [3.63, 3.8) is 0 Å². The number of nitro benzene ring substituents is 1. The number of rotatable bonds is 4. The van der Waals surface area contributed by atoms with Gasteiger partial charge in [-0.2, -0.15) is 0 Å². The first kappa shape index (κ1) is 14.4. The van der Waals surface area contributed by atoms with Crippen molar-refractivity contribution in [1.82, 2.24) is 0 Å². The number of nitrogens with one attached hydrogen (secondary N) is 1. The summed E-state index contributed by atoms with van der Waals surface area (Å²) >= 11 is 0. The average Bonchev–Trinajstić information content (AvgIpc) is 2.43. The molecule has 0 aliphatic rings. The number of anilines is 2. The van der Waals surface area contributed by atoms with Crippen LogP contribution in [0.4, 0.5) is 21.5 Å². The van der Waals surface area contributed by atoms with Gasteiger partial charge in [0.25, 0.3) is 0 Å². The SMILES string of the molecule is Cc1c(F)cccc1Nc1cccc(C(=O)O)c1[N+](=O)[O-]. The predicted octanol–water partition coefficient (Wildman–Crippen LogP) is 3.48. The van der Waals surface area contributed by atoms with E-state index in [1.165, 1.54) is 31.2 Å². The monoisotopic (exact) mass is 290 g/mol. The number of nitro groups is 1. The van der Waals surface area contributed by atoms with E-state index in [2.05, 4.69) is 5.32 Å². The summed E-state index contributed by atoms with van der Waals surface area (Å²) in [5.74, 6) is -1.86. The maximum absolute atomic E-state index is 13.5. The molecule has 0 saturated heterocycles. The molecule has 0 saturated carbocycles. The molecule has 2 N–H and O–H groups in total. The van der Waals surface area contributed by atoms with Crippen LogP contribution in [0, 0.1) is 22.9 Å². The zero-order valence-corrected chi connectivity index (χ0v) is 11.0. The molecule has 0 atom stereocenters. The minimum Gasteiger partial charge on any atom is -0.477 e. The molecule has 21 heavy (non-hydrogen) atoms. The topological polar surface area (TPSA) is 92.5 Å². The van der Waals surface area contributed by atoms with Crippen LogP contribution in [0.1, 0.15) is 15.9 Å². The molecule has 0 amide bonds. The van der Waals surface area contributed by atoms with Gasteiger partial charge in [0.2, 0.25) is 0 Å². The molecule has 108 valence electrons. The summed E-state index contributed by atoms with van der Waals surface area (Å²) < 4.78 is 13.5. The van der Waals surface area contributed by atoms with Crippen molar-refractivity contribution in [2.45, 2.75) is 6.92 Å². The minimum atomic E-state index is -1.40. The molecule has 0 bridgehead atoms. The third-order valence-corrected chi connectivity index (χ3v) is 2.99. The number of para-hydroxylation sites is 1. The summed E-state index contributed by atoms with van der Waals surface area (Å²) in [5, 5.41) is 22.8. The predicted molar refractivity (Wildman–Crippen MR) is 74.5 cm³/mol. The standard InChI is InChI=1S/C14H11FN2O4/c1-8-10(15)5-3-6-11(8)16-12-7-2-4-9(14(18)19)13(12)17(20)21/h2-7,16H,1H3,(H,18,19). The van der Waals surface area contributed by atoms with Crippen LogP contribution in [0.25, 0.3) is 0 Å². The molecule has 0 aliphatic carbocycles. The Balaban J connectivity index is 2.54. The molecule has 0 spiro atoms. The lowest BCUT2D eigenvalue weighted by molar-refractivity contribution is -0.384. The number of hydrogen-bond donors (Lipinski definition) is 2. The van der Waals surface area contributed by atoms with Gasteiger partial charge in [-0.05, 0) is 31.2 Å². The number of halogens is 1. The molecule has 2 aromatic rings. The van der Waals surface area contributed by atoms with Crippen LogP contribution in [-0.2, 0) is 0 Å². The van der Waals surface area contributed by atoms with Crippen LogP contribution in [0.3, 0.4) is 0 Å². The third kappa shape index (κ3) is 2.81. The van der Waals surface area contributed by atoms with Gasteiger partial charge in [-0.1, -0.05) is 12.1 Å². The highest BCUT2D eigenvalue weighted by molar-refractivity contribution is 5.96. The van der Waals surface area contributed by atoms with Gasteiger partial charge in [0.05, 0.1) is 4.92 Å². The van der Waals surface area contributed by atoms with Gasteiger partial charge in [0, 0.05) is 11.3 Å².